The number of amides is 3. The summed E-state index contributed by atoms with van der Waals surface area (Å²) in [6.45, 7) is 13.7. The van der Waals surface area contributed by atoms with Gasteiger partial charge in [-0.1, -0.05) is 30.9 Å². The summed E-state index contributed by atoms with van der Waals surface area (Å²) in [4.78, 5) is 51.4. The number of hydrogen-bond donors (Lipinski definition) is 2. The number of nitrogens with zero attached hydrogens (tertiary/aromatic N) is 6. The van der Waals surface area contributed by atoms with Crippen molar-refractivity contribution in [2.45, 2.75) is 32.9 Å². The number of para-hydroxylation sites is 1. The molecule has 0 aliphatic carbocycles. The van der Waals surface area contributed by atoms with E-state index in [0.29, 0.717) is 23.6 Å². The number of ether oxygens (including phenoxy) is 2. The number of methoxy groups -OCH3 is 1. The zero-order valence-electron chi connectivity index (χ0n) is 28.1. The lowest BCUT2D eigenvalue weighted by atomic mass is 10.1. The van der Waals surface area contributed by atoms with Gasteiger partial charge < -0.3 is 34.3 Å². The first-order valence-corrected chi connectivity index (χ1v) is 15.1. The number of benzene rings is 2. The van der Waals surface area contributed by atoms with Crippen molar-refractivity contribution in [1.29, 1.82) is 0 Å². The molecular weight excluding hydrogens is 614 g/mol. The molecule has 13 heteroatoms. The van der Waals surface area contributed by atoms with Crippen LogP contribution in [0.25, 0.3) is 22.2 Å². The molecule has 4 rings (SSSR count). The van der Waals surface area contributed by atoms with Gasteiger partial charge in [0.15, 0.2) is 0 Å². The second-order valence-corrected chi connectivity index (χ2v) is 11.9. The van der Waals surface area contributed by atoms with Crippen LogP contribution in [0.5, 0.6) is 5.75 Å². The molecule has 0 atom stereocenters. The molecule has 0 saturated carbocycles. The number of hydrogen-bond acceptors (Lipinski definition) is 8. The van der Waals surface area contributed by atoms with E-state index >= 15 is 0 Å². The number of carbonyl (C=O) groups excluding carboxylic acids is 2. The summed E-state index contributed by atoms with van der Waals surface area (Å²) in [5.74, 6) is -0.255. The number of carboxylic acid groups (broad SMARTS) is 1. The third-order valence-corrected chi connectivity index (χ3v) is 7.30. The van der Waals surface area contributed by atoms with Crippen molar-refractivity contribution in [2.24, 2.45) is 0 Å². The van der Waals surface area contributed by atoms with Crippen molar-refractivity contribution < 1.29 is 29.0 Å². The minimum absolute atomic E-state index is 0.00536. The number of allylic oxidation sites excluding steroid dienone is 1. The average molecular weight is 656 g/mol. The van der Waals surface area contributed by atoms with Gasteiger partial charge in [0, 0.05) is 68.7 Å². The standard InChI is InChI=1S/C35H41N7O6/c1-9-17-41-22-24(23-13-11-12-14-27(23)41)25-15-16-36-32(38-25)42(34(46)48-35(3,4)5)29-20-26(37-31(43)10-2)28(21-30(29)47-8)39(6)18-19-40(7)33(44)45/h9-16,20-22H,1-2,17-19H2,3-8H3,(H,37,43)(H,44,45). The normalized spacial score (nSPS) is 11.0. The average Bonchev–Trinajstić information content (AvgIpc) is 3.41. The zero-order chi connectivity index (χ0) is 35.2. The van der Waals surface area contributed by atoms with Crippen molar-refractivity contribution in [3.8, 4) is 17.0 Å². The summed E-state index contributed by atoms with van der Waals surface area (Å²) in [7, 11) is 4.65. The van der Waals surface area contributed by atoms with Crippen LogP contribution in [-0.2, 0) is 16.1 Å². The maximum atomic E-state index is 14.0. The number of likely N-dealkylation sites (N-methyl/N-ethyl adjacent to an activating group) is 2. The first kappa shape index (κ1) is 35.0. The summed E-state index contributed by atoms with van der Waals surface area (Å²) >= 11 is 0. The molecule has 0 bridgehead atoms. The van der Waals surface area contributed by atoms with E-state index in [1.165, 1.54) is 19.1 Å². The van der Waals surface area contributed by atoms with Gasteiger partial charge in [0.2, 0.25) is 11.9 Å². The molecule has 2 aromatic carbocycles. The van der Waals surface area contributed by atoms with Gasteiger partial charge in [-0.3, -0.25) is 4.79 Å². The van der Waals surface area contributed by atoms with Crippen LogP contribution < -0.4 is 19.9 Å². The van der Waals surface area contributed by atoms with E-state index in [1.807, 2.05) is 36.5 Å². The summed E-state index contributed by atoms with van der Waals surface area (Å²) < 4.78 is 13.7. The molecule has 0 fully saturated rings. The molecule has 0 saturated heterocycles. The maximum absolute atomic E-state index is 14.0. The molecule has 0 aliphatic rings. The van der Waals surface area contributed by atoms with Gasteiger partial charge in [0.05, 0.1) is 29.9 Å². The molecule has 2 aromatic heterocycles. The number of anilines is 4. The lowest BCUT2D eigenvalue weighted by molar-refractivity contribution is -0.111. The summed E-state index contributed by atoms with van der Waals surface area (Å²) in [5.41, 5.74) is 2.49. The Labute approximate surface area is 279 Å². The molecule has 3 amide bonds. The second-order valence-electron chi connectivity index (χ2n) is 11.9. The van der Waals surface area contributed by atoms with E-state index < -0.39 is 23.7 Å². The van der Waals surface area contributed by atoms with Crippen LogP contribution >= 0.6 is 0 Å². The fourth-order valence-corrected chi connectivity index (χ4v) is 4.95. The second kappa shape index (κ2) is 14.7. The van der Waals surface area contributed by atoms with E-state index in [0.717, 1.165) is 27.4 Å². The Kier molecular flexibility index (Phi) is 10.7. The predicted octanol–water partition coefficient (Wildman–Crippen LogP) is 6.54. The van der Waals surface area contributed by atoms with Crippen LogP contribution in [0.1, 0.15) is 20.8 Å². The molecule has 0 spiro atoms. The van der Waals surface area contributed by atoms with Crippen molar-refractivity contribution in [3.63, 3.8) is 0 Å². The molecule has 13 nitrogen and oxygen atoms in total. The highest BCUT2D eigenvalue weighted by Crippen LogP contribution is 2.42. The van der Waals surface area contributed by atoms with Crippen LogP contribution in [-0.4, -0.2) is 82.5 Å². The van der Waals surface area contributed by atoms with Crippen molar-refractivity contribution in [3.05, 3.63) is 80.2 Å². The van der Waals surface area contributed by atoms with Crippen LogP contribution in [0.2, 0.25) is 0 Å². The third-order valence-electron chi connectivity index (χ3n) is 7.30. The highest BCUT2D eigenvalue weighted by Gasteiger charge is 2.31. The molecule has 0 unspecified atom stereocenters. The lowest BCUT2D eigenvalue weighted by Gasteiger charge is -2.30. The quantitative estimate of drug-likeness (QED) is 0.129. The van der Waals surface area contributed by atoms with Gasteiger partial charge in [-0.05, 0) is 45.0 Å². The molecule has 48 heavy (non-hydrogen) atoms. The van der Waals surface area contributed by atoms with Gasteiger partial charge in [0.25, 0.3) is 0 Å². The first-order valence-electron chi connectivity index (χ1n) is 15.1. The number of aromatic nitrogens is 3. The van der Waals surface area contributed by atoms with Crippen LogP contribution in [0.15, 0.2) is 80.2 Å². The van der Waals surface area contributed by atoms with Crippen molar-refractivity contribution in [2.75, 3.05) is 49.4 Å². The SMILES string of the molecule is C=CCn1cc(-c2ccnc(N(C(=O)OC(C)(C)C)c3cc(NC(=O)C=C)c(N(C)CCN(C)C(=O)O)cc3OC)n2)c2ccccc21. The van der Waals surface area contributed by atoms with Gasteiger partial charge in [-0.25, -0.2) is 24.5 Å². The van der Waals surface area contributed by atoms with Gasteiger partial charge in [-0.15, -0.1) is 6.58 Å². The highest BCUT2D eigenvalue weighted by atomic mass is 16.6. The molecule has 2 heterocycles. The van der Waals surface area contributed by atoms with E-state index in [4.69, 9.17) is 14.5 Å². The monoisotopic (exact) mass is 655 g/mol. The largest absolute Gasteiger partial charge is 0.494 e. The molecular formula is C35H41N7O6. The Morgan fingerprint density at radius 1 is 1.06 bits per heavy atom. The molecule has 0 radical (unpaired) electrons. The minimum atomic E-state index is -1.07. The van der Waals surface area contributed by atoms with Gasteiger partial charge in [-0.2, -0.15) is 0 Å². The van der Waals surface area contributed by atoms with Crippen molar-refractivity contribution >= 4 is 52.0 Å². The Morgan fingerprint density at radius 3 is 2.44 bits per heavy atom. The maximum Gasteiger partial charge on any atom is 0.422 e. The zero-order valence-corrected chi connectivity index (χ0v) is 28.1. The van der Waals surface area contributed by atoms with E-state index in [1.54, 1.807) is 57.1 Å². The van der Waals surface area contributed by atoms with Gasteiger partial charge >= 0.3 is 12.2 Å². The fraction of sp³-hybridized carbons (Fsp3) is 0.286. The van der Waals surface area contributed by atoms with Crippen molar-refractivity contribution in [1.82, 2.24) is 19.4 Å². The first-order chi connectivity index (χ1) is 22.8. The third kappa shape index (κ3) is 7.92. The number of fused-ring (bicyclic) bond motifs is 1. The number of rotatable bonds is 12. The van der Waals surface area contributed by atoms with Crippen LogP contribution in [0.4, 0.5) is 32.6 Å². The van der Waals surface area contributed by atoms with Crippen LogP contribution in [0.3, 0.4) is 0 Å². The number of carbonyl (C=O) groups is 3. The summed E-state index contributed by atoms with van der Waals surface area (Å²) in [6.07, 6.45) is 4.61. The Morgan fingerprint density at radius 2 is 1.79 bits per heavy atom. The van der Waals surface area contributed by atoms with Gasteiger partial charge in [0.1, 0.15) is 11.4 Å². The number of nitrogens with one attached hydrogen (secondary N) is 1. The summed E-state index contributed by atoms with van der Waals surface area (Å²) in [6, 6.07) is 12.9. The topological polar surface area (TPSA) is 142 Å². The summed E-state index contributed by atoms with van der Waals surface area (Å²) in [5, 5.41) is 13.1. The van der Waals surface area contributed by atoms with E-state index in [2.05, 4.69) is 28.0 Å². The van der Waals surface area contributed by atoms with E-state index in [9.17, 15) is 19.5 Å². The Bertz CT molecular complexity index is 1840. The molecule has 252 valence electrons. The lowest BCUT2D eigenvalue weighted by Crippen LogP contribution is -2.35. The highest BCUT2D eigenvalue weighted by molar-refractivity contribution is 6.04. The molecule has 0 aliphatic heterocycles. The fourth-order valence-electron chi connectivity index (χ4n) is 4.95. The smallest absolute Gasteiger partial charge is 0.422 e. The Hall–Kier alpha value is -5.85. The van der Waals surface area contributed by atoms with Crippen LogP contribution in [0, 0.1) is 0 Å². The molecule has 2 N–H and O–H groups in total. The molecule has 4 aromatic rings. The van der Waals surface area contributed by atoms with E-state index in [-0.39, 0.29) is 30.5 Å². The minimum Gasteiger partial charge on any atom is -0.494 e. The predicted molar refractivity (Wildman–Crippen MR) is 187 cm³/mol. The Balaban J connectivity index is 1.91.